The lowest BCUT2D eigenvalue weighted by atomic mass is 10.0. The second-order valence-electron chi connectivity index (χ2n) is 5.45. The Morgan fingerprint density at radius 3 is 2.95 bits per heavy atom. The summed E-state index contributed by atoms with van der Waals surface area (Å²) in [6.45, 7) is 2.59. The number of aromatic nitrogens is 1. The number of nitrogens with two attached hydrogens (primary N) is 1. The quantitative estimate of drug-likeness (QED) is 0.874. The number of aryl methyl sites for hydroxylation is 1. The minimum Gasteiger partial charge on any atom is -0.324 e. The van der Waals surface area contributed by atoms with Crippen molar-refractivity contribution in [3.8, 4) is 0 Å². The molecular formula is C17H19N3O. The number of rotatable bonds is 1. The highest BCUT2D eigenvalue weighted by molar-refractivity contribution is 6.06. The van der Waals surface area contributed by atoms with Crippen LogP contribution in [0.5, 0.6) is 0 Å². The second kappa shape index (κ2) is 5.66. The Morgan fingerprint density at radius 1 is 1.33 bits per heavy atom. The van der Waals surface area contributed by atoms with E-state index in [1.54, 1.807) is 12.3 Å². The van der Waals surface area contributed by atoms with Gasteiger partial charge in [0.15, 0.2) is 0 Å². The number of pyridine rings is 1. The van der Waals surface area contributed by atoms with Crippen LogP contribution in [0.3, 0.4) is 0 Å². The van der Waals surface area contributed by atoms with Gasteiger partial charge in [0.2, 0.25) is 0 Å². The van der Waals surface area contributed by atoms with Gasteiger partial charge in [0, 0.05) is 35.7 Å². The number of nitrogens with zero attached hydrogens (tertiary/aromatic N) is 2. The molecule has 0 saturated carbocycles. The number of carbonyl (C=O) groups is 1. The number of para-hydroxylation sites is 1. The molecule has 0 bridgehead atoms. The number of anilines is 1. The van der Waals surface area contributed by atoms with Crippen molar-refractivity contribution in [1.29, 1.82) is 0 Å². The van der Waals surface area contributed by atoms with Crippen molar-refractivity contribution in [1.82, 2.24) is 4.98 Å². The van der Waals surface area contributed by atoms with Gasteiger partial charge in [0.1, 0.15) is 0 Å². The van der Waals surface area contributed by atoms with Gasteiger partial charge < -0.3 is 10.6 Å². The van der Waals surface area contributed by atoms with E-state index in [0.29, 0.717) is 12.1 Å². The molecule has 1 atom stereocenters. The van der Waals surface area contributed by atoms with Crippen LogP contribution in [0.25, 0.3) is 0 Å². The maximum absolute atomic E-state index is 12.8. The summed E-state index contributed by atoms with van der Waals surface area (Å²) in [4.78, 5) is 18.8. The number of hydrogen-bond acceptors (Lipinski definition) is 3. The van der Waals surface area contributed by atoms with Gasteiger partial charge in [-0.05, 0) is 43.5 Å². The Labute approximate surface area is 124 Å². The van der Waals surface area contributed by atoms with E-state index >= 15 is 0 Å². The standard InChI is InChI=1S/C17H19N3O/c1-12-11-13(8-9-19-12)17(21)20-10-4-6-15(18)14-5-2-3-7-16(14)20/h2-3,5,7-9,11,15H,4,6,10,18H2,1H3. The lowest BCUT2D eigenvalue weighted by Crippen LogP contribution is -2.31. The van der Waals surface area contributed by atoms with E-state index in [-0.39, 0.29) is 11.9 Å². The molecule has 1 aromatic carbocycles. The minimum absolute atomic E-state index is 0.00169. The largest absolute Gasteiger partial charge is 0.324 e. The lowest BCUT2D eigenvalue weighted by Gasteiger charge is -2.23. The summed E-state index contributed by atoms with van der Waals surface area (Å²) in [6.07, 6.45) is 3.49. The number of carbonyl (C=O) groups excluding carboxylic acids is 1. The summed E-state index contributed by atoms with van der Waals surface area (Å²) < 4.78 is 0. The van der Waals surface area contributed by atoms with Crippen molar-refractivity contribution >= 4 is 11.6 Å². The molecule has 0 aliphatic carbocycles. The SMILES string of the molecule is Cc1cc(C(=O)N2CCCC(N)c3ccccc32)ccn1. The molecule has 1 aliphatic heterocycles. The maximum atomic E-state index is 12.8. The van der Waals surface area contributed by atoms with Gasteiger partial charge in [-0.25, -0.2) is 0 Å². The van der Waals surface area contributed by atoms with E-state index in [1.807, 2.05) is 42.2 Å². The van der Waals surface area contributed by atoms with Crippen LogP contribution < -0.4 is 10.6 Å². The van der Waals surface area contributed by atoms with Crippen LogP contribution in [-0.2, 0) is 0 Å². The summed E-state index contributed by atoms with van der Waals surface area (Å²) in [5, 5.41) is 0. The van der Waals surface area contributed by atoms with E-state index < -0.39 is 0 Å². The molecule has 0 fully saturated rings. The van der Waals surface area contributed by atoms with Crippen LogP contribution in [0.4, 0.5) is 5.69 Å². The molecule has 0 radical (unpaired) electrons. The van der Waals surface area contributed by atoms with Crippen molar-refractivity contribution in [2.24, 2.45) is 5.73 Å². The Hall–Kier alpha value is -2.20. The molecule has 2 aromatic rings. The minimum atomic E-state index is -0.00169. The zero-order valence-electron chi connectivity index (χ0n) is 12.1. The molecule has 108 valence electrons. The highest BCUT2D eigenvalue weighted by Crippen LogP contribution is 2.32. The van der Waals surface area contributed by atoms with Gasteiger partial charge in [-0.2, -0.15) is 0 Å². The van der Waals surface area contributed by atoms with Crippen molar-refractivity contribution in [2.45, 2.75) is 25.8 Å². The molecule has 0 spiro atoms. The highest BCUT2D eigenvalue weighted by Gasteiger charge is 2.25. The van der Waals surface area contributed by atoms with Crippen molar-refractivity contribution in [3.63, 3.8) is 0 Å². The first-order chi connectivity index (χ1) is 10.2. The second-order valence-corrected chi connectivity index (χ2v) is 5.45. The third-order valence-corrected chi connectivity index (χ3v) is 3.91. The Bertz CT molecular complexity index is 669. The molecule has 1 amide bonds. The predicted molar refractivity (Wildman–Crippen MR) is 83.3 cm³/mol. The third kappa shape index (κ3) is 2.67. The summed E-state index contributed by atoms with van der Waals surface area (Å²) in [7, 11) is 0. The van der Waals surface area contributed by atoms with E-state index in [0.717, 1.165) is 29.8 Å². The Kier molecular flexibility index (Phi) is 3.71. The molecule has 4 nitrogen and oxygen atoms in total. The third-order valence-electron chi connectivity index (χ3n) is 3.91. The molecule has 2 N–H and O–H groups in total. The molecule has 0 saturated heterocycles. The lowest BCUT2D eigenvalue weighted by molar-refractivity contribution is 0.0986. The van der Waals surface area contributed by atoms with Crippen LogP contribution in [0.2, 0.25) is 0 Å². The first kappa shape index (κ1) is 13.8. The number of amides is 1. The van der Waals surface area contributed by atoms with Gasteiger partial charge in [-0.15, -0.1) is 0 Å². The monoisotopic (exact) mass is 281 g/mol. The molecule has 2 heterocycles. The molecule has 1 aliphatic rings. The predicted octanol–water partition coefficient (Wildman–Crippen LogP) is 2.83. The van der Waals surface area contributed by atoms with E-state index in [9.17, 15) is 4.79 Å². The summed E-state index contributed by atoms with van der Waals surface area (Å²) >= 11 is 0. The highest BCUT2D eigenvalue weighted by atomic mass is 16.2. The first-order valence-electron chi connectivity index (χ1n) is 7.26. The Balaban J connectivity index is 2.02. The van der Waals surface area contributed by atoms with E-state index in [1.165, 1.54) is 0 Å². The number of benzene rings is 1. The van der Waals surface area contributed by atoms with Crippen LogP contribution >= 0.6 is 0 Å². The number of fused-ring (bicyclic) bond motifs is 1. The molecule has 1 unspecified atom stereocenters. The molecular weight excluding hydrogens is 262 g/mol. The number of hydrogen-bond donors (Lipinski definition) is 1. The first-order valence-corrected chi connectivity index (χ1v) is 7.26. The zero-order valence-corrected chi connectivity index (χ0v) is 12.1. The van der Waals surface area contributed by atoms with E-state index in [2.05, 4.69) is 4.98 Å². The van der Waals surface area contributed by atoms with Crippen molar-refractivity contribution in [3.05, 3.63) is 59.4 Å². The van der Waals surface area contributed by atoms with Crippen molar-refractivity contribution < 1.29 is 4.79 Å². The average molecular weight is 281 g/mol. The molecule has 21 heavy (non-hydrogen) atoms. The molecule has 3 rings (SSSR count). The van der Waals surface area contributed by atoms with Gasteiger partial charge >= 0.3 is 0 Å². The molecule has 4 heteroatoms. The van der Waals surface area contributed by atoms with E-state index in [4.69, 9.17) is 5.73 Å². The van der Waals surface area contributed by atoms with Gasteiger partial charge in [0.05, 0.1) is 0 Å². The fraction of sp³-hybridized carbons (Fsp3) is 0.294. The van der Waals surface area contributed by atoms with Crippen LogP contribution in [-0.4, -0.2) is 17.4 Å². The fourth-order valence-electron chi connectivity index (χ4n) is 2.84. The maximum Gasteiger partial charge on any atom is 0.258 e. The van der Waals surface area contributed by atoms with Gasteiger partial charge in [-0.1, -0.05) is 18.2 Å². The van der Waals surface area contributed by atoms with Crippen LogP contribution in [0, 0.1) is 6.92 Å². The van der Waals surface area contributed by atoms with Gasteiger partial charge in [-0.3, -0.25) is 9.78 Å². The Morgan fingerprint density at radius 2 is 2.14 bits per heavy atom. The fourth-order valence-corrected chi connectivity index (χ4v) is 2.84. The van der Waals surface area contributed by atoms with Crippen molar-refractivity contribution in [2.75, 3.05) is 11.4 Å². The summed E-state index contributed by atoms with van der Waals surface area (Å²) in [5.74, 6) is 0.0158. The normalized spacial score (nSPS) is 18.0. The topological polar surface area (TPSA) is 59.2 Å². The average Bonchev–Trinajstić information content (AvgIpc) is 2.66. The smallest absolute Gasteiger partial charge is 0.258 e. The van der Waals surface area contributed by atoms with Crippen LogP contribution in [0.1, 0.15) is 40.5 Å². The summed E-state index contributed by atoms with van der Waals surface area (Å²) in [5.41, 5.74) is 9.73. The summed E-state index contributed by atoms with van der Waals surface area (Å²) in [6, 6.07) is 11.5. The zero-order chi connectivity index (χ0) is 14.8. The van der Waals surface area contributed by atoms with Crippen LogP contribution in [0.15, 0.2) is 42.6 Å². The molecule has 1 aromatic heterocycles. The van der Waals surface area contributed by atoms with Gasteiger partial charge in [0.25, 0.3) is 5.91 Å².